The number of hydrogen-bond acceptors (Lipinski definition) is 6. The van der Waals surface area contributed by atoms with Crippen LogP contribution in [0, 0.1) is 6.92 Å². The second-order valence-electron chi connectivity index (χ2n) is 7.85. The molecule has 8 heteroatoms. The van der Waals surface area contributed by atoms with Gasteiger partial charge in [0, 0.05) is 16.9 Å². The molecule has 158 valence electrons. The zero-order valence-electron chi connectivity index (χ0n) is 17.9. The van der Waals surface area contributed by atoms with Crippen molar-refractivity contribution in [2.45, 2.75) is 39.7 Å². The Hall–Kier alpha value is -3.39. The average molecular weight is 433 g/mol. The second kappa shape index (κ2) is 8.77. The predicted molar refractivity (Wildman–Crippen MR) is 121 cm³/mol. The lowest BCUT2D eigenvalue weighted by molar-refractivity contribution is 0.0939. The number of hydrogen-bond donors (Lipinski definition) is 1. The number of thiazole rings is 1. The highest BCUT2D eigenvalue weighted by Gasteiger charge is 2.18. The third-order valence-electron chi connectivity index (χ3n) is 5.06. The van der Waals surface area contributed by atoms with Gasteiger partial charge in [-0.1, -0.05) is 43.7 Å². The first-order valence-corrected chi connectivity index (χ1v) is 11.1. The van der Waals surface area contributed by atoms with Crippen LogP contribution in [0.2, 0.25) is 0 Å². The quantitative estimate of drug-likeness (QED) is 0.477. The lowest BCUT2D eigenvalue weighted by Gasteiger charge is -2.15. The van der Waals surface area contributed by atoms with Crippen LogP contribution in [-0.4, -0.2) is 31.1 Å². The highest BCUT2D eigenvalue weighted by Crippen LogP contribution is 2.26. The molecule has 1 amide bonds. The van der Waals surface area contributed by atoms with E-state index < -0.39 is 0 Å². The zero-order valence-corrected chi connectivity index (χ0v) is 18.7. The molecule has 1 atom stereocenters. The summed E-state index contributed by atoms with van der Waals surface area (Å²) < 4.78 is 1.70. The van der Waals surface area contributed by atoms with E-state index in [0.717, 1.165) is 28.3 Å². The second-order valence-corrected chi connectivity index (χ2v) is 8.57. The van der Waals surface area contributed by atoms with Crippen molar-refractivity contribution in [1.82, 2.24) is 30.5 Å². The molecular formula is C23H24N6OS. The number of aromatic nitrogens is 5. The summed E-state index contributed by atoms with van der Waals surface area (Å²) >= 11 is 1.51. The van der Waals surface area contributed by atoms with Gasteiger partial charge in [-0.15, -0.1) is 16.4 Å². The molecule has 1 N–H and O–H groups in total. The van der Waals surface area contributed by atoms with Gasteiger partial charge >= 0.3 is 0 Å². The summed E-state index contributed by atoms with van der Waals surface area (Å²) in [5, 5.41) is 17.2. The summed E-state index contributed by atoms with van der Waals surface area (Å²) in [5.41, 5.74) is 7.02. The largest absolute Gasteiger partial charge is 0.344 e. The molecule has 31 heavy (non-hydrogen) atoms. The van der Waals surface area contributed by atoms with E-state index >= 15 is 0 Å². The number of carbonyl (C=O) groups is 1. The average Bonchev–Trinajstić information content (AvgIpc) is 3.46. The van der Waals surface area contributed by atoms with Crippen molar-refractivity contribution in [3.8, 4) is 16.8 Å². The van der Waals surface area contributed by atoms with Gasteiger partial charge in [-0.2, -0.15) is 4.68 Å². The molecule has 0 aliphatic carbocycles. The number of tetrazole rings is 1. The lowest BCUT2D eigenvalue weighted by atomic mass is 10.00. The van der Waals surface area contributed by atoms with Crippen molar-refractivity contribution in [1.29, 1.82) is 0 Å². The molecule has 0 saturated heterocycles. The van der Waals surface area contributed by atoms with E-state index in [0.29, 0.717) is 5.56 Å². The van der Waals surface area contributed by atoms with E-state index in [1.54, 1.807) is 10.2 Å². The van der Waals surface area contributed by atoms with Crippen LogP contribution < -0.4 is 5.32 Å². The fraction of sp³-hybridized carbons (Fsp3) is 0.261. The molecule has 2 heterocycles. The Bertz CT molecular complexity index is 1180. The normalized spacial score (nSPS) is 12.2. The Morgan fingerprint density at radius 1 is 1.06 bits per heavy atom. The molecule has 2 aromatic carbocycles. The van der Waals surface area contributed by atoms with Gasteiger partial charge in [0.1, 0.15) is 0 Å². The number of carbonyl (C=O) groups excluding carboxylic acids is 1. The van der Waals surface area contributed by atoms with Gasteiger partial charge in [-0.05, 0) is 53.6 Å². The maximum absolute atomic E-state index is 13.1. The summed E-state index contributed by atoms with van der Waals surface area (Å²) in [6, 6.07) is 13.8. The van der Waals surface area contributed by atoms with Crippen LogP contribution in [0.15, 0.2) is 53.4 Å². The number of nitrogens with zero attached hydrogens (tertiary/aromatic N) is 5. The fourth-order valence-electron chi connectivity index (χ4n) is 3.30. The zero-order chi connectivity index (χ0) is 22.0. The van der Waals surface area contributed by atoms with E-state index in [9.17, 15) is 4.79 Å². The van der Waals surface area contributed by atoms with E-state index in [4.69, 9.17) is 0 Å². The Morgan fingerprint density at radius 3 is 2.52 bits per heavy atom. The van der Waals surface area contributed by atoms with E-state index in [2.05, 4.69) is 57.0 Å². The van der Waals surface area contributed by atoms with Crippen LogP contribution in [0.1, 0.15) is 60.2 Å². The molecule has 0 bridgehead atoms. The van der Waals surface area contributed by atoms with E-state index in [1.165, 1.54) is 16.9 Å². The third-order valence-corrected chi connectivity index (χ3v) is 5.67. The number of benzene rings is 2. The summed E-state index contributed by atoms with van der Waals surface area (Å²) in [6.45, 7) is 8.05. The Balaban J connectivity index is 1.76. The highest BCUT2D eigenvalue weighted by molar-refractivity contribution is 7.07. The lowest BCUT2D eigenvalue weighted by Crippen LogP contribution is -2.27. The van der Waals surface area contributed by atoms with Gasteiger partial charge in [0.05, 0.1) is 22.9 Å². The molecule has 0 fully saturated rings. The minimum absolute atomic E-state index is 0.139. The van der Waals surface area contributed by atoms with Crippen LogP contribution >= 0.6 is 11.3 Å². The minimum atomic E-state index is -0.190. The van der Waals surface area contributed by atoms with Gasteiger partial charge in [-0.3, -0.25) is 4.79 Å². The van der Waals surface area contributed by atoms with Crippen molar-refractivity contribution in [3.63, 3.8) is 0 Å². The van der Waals surface area contributed by atoms with E-state index in [1.807, 2.05) is 44.4 Å². The highest BCUT2D eigenvalue weighted by atomic mass is 32.1. The van der Waals surface area contributed by atoms with Crippen LogP contribution in [-0.2, 0) is 0 Å². The molecule has 0 saturated carbocycles. The molecular weight excluding hydrogens is 408 g/mol. The summed E-state index contributed by atoms with van der Waals surface area (Å²) in [7, 11) is 0. The number of rotatable bonds is 6. The number of nitrogens with one attached hydrogen (secondary N) is 1. The molecule has 0 radical (unpaired) electrons. The Kier molecular flexibility index (Phi) is 5.90. The van der Waals surface area contributed by atoms with Crippen LogP contribution in [0.5, 0.6) is 0 Å². The van der Waals surface area contributed by atoms with Gasteiger partial charge in [-0.25, -0.2) is 4.98 Å². The molecule has 1 unspecified atom stereocenters. The standard InChI is InChI=1S/C23H24N6OS/c1-14(2)22-26-27-28-29(22)20-10-18(17-7-5-15(3)6-8-17)9-19(11-20)23(30)25-16(4)21-12-31-13-24-21/h5-14,16H,1-4H3,(H,25,30). The third kappa shape index (κ3) is 4.54. The molecule has 7 nitrogen and oxygen atoms in total. The summed E-state index contributed by atoms with van der Waals surface area (Å²) in [6.07, 6.45) is 0. The Morgan fingerprint density at radius 2 is 1.84 bits per heavy atom. The maximum atomic E-state index is 13.1. The molecule has 0 spiro atoms. The van der Waals surface area contributed by atoms with Crippen molar-refractivity contribution >= 4 is 17.2 Å². The first kappa shape index (κ1) is 20.9. The topological polar surface area (TPSA) is 85.6 Å². The first-order chi connectivity index (χ1) is 14.9. The SMILES string of the molecule is Cc1ccc(-c2cc(C(=O)NC(C)c3cscn3)cc(-n3nnnc3C(C)C)c2)cc1. The molecule has 0 aliphatic rings. The molecule has 4 aromatic rings. The summed E-state index contributed by atoms with van der Waals surface area (Å²) in [4.78, 5) is 17.4. The van der Waals surface area contributed by atoms with Crippen molar-refractivity contribution < 1.29 is 4.79 Å². The van der Waals surface area contributed by atoms with Gasteiger partial charge < -0.3 is 5.32 Å². The summed E-state index contributed by atoms with van der Waals surface area (Å²) in [5.74, 6) is 0.707. The predicted octanol–water partition coefficient (Wildman–Crippen LogP) is 4.71. The minimum Gasteiger partial charge on any atom is -0.344 e. The fourth-order valence-corrected chi connectivity index (χ4v) is 3.95. The van der Waals surface area contributed by atoms with Crippen LogP contribution in [0.4, 0.5) is 0 Å². The van der Waals surface area contributed by atoms with Crippen molar-refractivity contribution in [3.05, 3.63) is 76.0 Å². The van der Waals surface area contributed by atoms with Crippen LogP contribution in [0.25, 0.3) is 16.8 Å². The van der Waals surface area contributed by atoms with Crippen molar-refractivity contribution in [2.24, 2.45) is 0 Å². The van der Waals surface area contributed by atoms with Crippen molar-refractivity contribution in [2.75, 3.05) is 0 Å². The maximum Gasteiger partial charge on any atom is 0.251 e. The van der Waals surface area contributed by atoms with Gasteiger partial charge in [0.25, 0.3) is 5.91 Å². The smallest absolute Gasteiger partial charge is 0.251 e. The Labute approximate surface area is 185 Å². The molecule has 4 rings (SSSR count). The van der Waals surface area contributed by atoms with Crippen LogP contribution in [0.3, 0.4) is 0 Å². The number of amides is 1. The molecule has 0 aliphatic heterocycles. The first-order valence-electron chi connectivity index (χ1n) is 10.1. The monoisotopic (exact) mass is 432 g/mol. The van der Waals surface area contributed by atoms with Gasteiger partial charge in [0.15, 0.2) is 5.82 Å². The van der Waals surface area contributed by atoms with E-state index in [-0.39, 0.29) is 17.9 Å². The molecule has 2 aromatic heterocycles. The van der Waals surface area contributed by atoms with Gasteiger partial charge in [0.2, 0.25) is 0 Å². The number of aryl methyl sites for hydroxylation is 1.